The third kappa shape index (κ3) is 5.31. The topological polar surface area (TPSA) is 81.2 Å². The van der Waals surface area contributed by atoms with Crippen LogP contribution in [0.4, 0.5) is 0 Å². The molecule has 8 nitrogen and oxygen atoms in total. The highest BCUT2D eigenvalue weighted by Gasteiger charge is 2.34. The van der Waals surface area contributed by atoms with Crippen molar-refractivity contribution in [1.82, 2.24) is 19.6 Å². The molecule has 0 spiro atoms. The van der Waals surface area contributed by atoms with E-state index >= 15 is 0 Å². The summed E-state index contributed by atoms with van der Waals surface area (Å²) in [5, 5.41) is 0. The molecule has 2 aliphatic rings. The Morgan fingerprint density at radius 2 is 1.58 bits per heavy atom. The van der Waals surface area contributed by atoms with Gasteiger partial charge < -0.3 is 9.80 Å². The van der Waals surface area contributed by atoms with Crippen LogP contribution in [0.2, 0.25) is 0 Å². The first-order chi connectivity index (χ1) is 15.0. The van der Waals surface area contributed by atoms with Crippen LogP contribution in [0.15, 0.2) is 24.3 Å². The largest absolute Gasteiger partial charge is 0.342 e. The Labute approximate surface area is 183 Å². The molecule has 0 bridgehead atoms. The van der Waals surface area contributed by atoms with Crippen LogP contribution in [0, 0.1) is 0 Å². The van der Waals surface area contributed by atoms with Gasteiger partial charge in [0, 0.05) is 52.2 Å². The lowest BCUT2D eigenvalue weighted by molar-refractivity contribution is -0.132. The van der Waals surface area contributed by atoms with Crippen molar-refractivity contribution in [3.63, 3.8) is 0 Å². The van der Waals surface area contributed by atoms with E-state index in [1.54, 1.807) is 24.3 Å². The first-order valence-corrected chi connectivity index (χ1v) is 11.2. The van der Waals surface area contributed by atoms with Gasteiger partial charge in [0.1, 0.15) is 0 Å². The van der Waals surface area contributed by atoms with E-state index in [1.165, 1.54) is 4.90 Å². The van der Waals surface area contributed by atoms with E-state index in [0.29, 0.717) is 63.2 Å². The number of nitrogens with zero attached hydrogens (tertiary/aromatic N) is 4. The Morgan fingerprint density at radius 3 is 2.19 bits per heavy atom. The molecule has 0 aromatic heterocycles. The lowest BCUT2D eigenvalue weighted by atomic mass is 10.1. The summed E-state index contributed by atoms with van der Waals surface area (Å²) in [6.45, 7) is 8.75. The van der Waals surface area contributed by atoms with Gasteiger partial charge in [-0.05, 0) is 38.8 Å². The second-order valence-corrected chi connectivity index (χ2v) is 7.99. The number of carbonyl (C=O) groups excluding carboxylic acids is 4. The van der Waals surface area contributed by atoms with Crippen molar-refractivity contribution in [3.8, 4) is 0 Å². The van der Waals surface area contributed by atoms with E-state index in [1.807, 2.05) is 23.6 Å². The fourth-order valence-electron chi connectivity index (χ4n) is 4.23. The zero-order chi connectivity index (χ0) is 22.4. The summed E-state index contributed by atoms with van der Waals surface area (Å²) in [4.78, 5) is 56.9. The molecule has 2 aliphatic heterocycles. The summed E-state index contributed by atoms with van der Waals surface area (Å²) >= 11 is 0. The van der Waals surface area contributed by atoms with Crippen LogP contribution in [0.3, 0.4) is 0 Å². The van der Waals surface area contributed by atoms with E-state index < -0.39 is 0 Å². The van der Waals surface area contributed by atoms with Crippen LogP contribution >= 0.6 is 0 Å². The zero-order valence-corrected chi connectivity index (χ0v) is 18.5. The minimum atomic E-state index is -0.281. The van der Waals surface area contributed by atoms with Gasteiger partial charge in [-0.1, -0.05) is 12.1 Å². The van der Waals surface area contributed by atoms with Gasteiger partial charge in [-0.25, -0.2) is 0 Å². The molecule has 0 aliphatic carbocycles. The highest BCUT2D eigenvalue weighted by Crippen LogP contribution is 2.22. The van der Waals surface area contributed by atoms with E-state index in [9.17, 15) is 19.2 Å². The van der Waals surface area contributed by atoms with Crippen molar-refractivity contribution in [2.45, 2.75) is 33.1 Å². The van der Waals surface area contributed by atoms with Crippen molar-refractivity contribution < 1.29 is 19.2 Å². The zero-order valence-electron chi connectivity index (χ0n) is 18.5. The second kappa shape index (κ2) is 10.5. The summed E-state index contributed by atoms with van der Waals surface area (Å²) in [5.41, 5.74) is 0.872. The minimum Gasteiger partial charge on any atom is -0.342 e. The molecular formula is C23H32N4O4. The highest BCUT2D eigenvalue weighted by atomic mass is 16.2. The summed E-state index contributed by atoms with van der Waals surface area (Å²) in [6.07, 6.45) is 1.58. The molecule has 0 atom stereocenters. The number of fused-ring (bicyclic) bond motifs is 1. The van der Waals surface area contributed by atoms with Gasteiger partial charge in [-0.2, -0.15) is 0 Å². The van der Waals surface area contributed by atoms with Gasteiger partial charge >= 0.3 is 0 Å². The fraction of sp³-hybridized carbons (Fsp3) is 0.565. The first-order valence-electron chi connectivity index (χ1n) is 11.2. The highest BCUT2D eigenvalue weighted by molar-refractivity contribution is 6.21. The molecule has 1 aromatic rings. The Kier molecular flexibility index (Phi) is 7.79. The summed E-state index contributed by atoms with van der Waals surface area (Å²) < 4.78 is 0. The Bertz CT molecular complexity index is 802. The lowest BCUT2D eigenvalue weighted by Gasteiger charge is -2.25. The number of imide groups is 1. The van der Waals surface area contributed by atoms with Crippen molar-refractivity contribution in [2.24, 2.45) is 0 Å². The molecular weight excluding hydrogens is 396 g/mol. The molecule has 1 saturated heterocycles. The number of hydrogen-bond donors (Lipinski definition) is 0. The summed E-state index contributed by atoms with van der Waals surface area (Å²) in [6, 6.07) is 6.81. The summed E-state index contributed by atoms with van der Waals surface area (Å²) in [5.74, 6) is -0.396. The SMILES string of the molecule is CCN(CC)C(=O)CN1CCCN(C(=O)CCCN2C(=O)c3ccccc3C2=O)CC1. The molecule has 0 N–H and O–H groups in total. The molecule has 0 unspecified atom stereocenters. The fourth-order valence-corrected chi connectivity index (χ4v) is 4.23. The van der Waals surface area contributed by atoms with Gasteiger partial charge in [0.05, 0.1) is 17.7 Å². The maximum Gasteiger partial charge on any atom is 0.261 e. The maximum absolute atomic E-state index is 12.7. The number of rotatable bonds is 8. The molecule has 0 radical (unpaired) electrons. The van der Waals surface area contributed by atoms with Crippen LogP contribution in [0.1, 0.15) is 53.8 Å². The average molecular weight is 429 g/mol. The van der Waals surface area contributed by atoms with E-state index in [0.717, 1.165) is 13.0 Å². The molecule has 4 amide bonds. The molecule has 2 heterocycles. The van der Waals surface area contributed by atoms with E-state index in [4.69, 9.17) is 0 Å². The first kappa shape index (κ1) is 22.9. The van der Waals surface area contributed by atoms with Crippen molar-refractivity contribution >= 4 is 23.6 Å². The van der Waals surface area contributed by atoms with Gasteiger partial charge in [-0.15, -0.1) is 0 Å². The van der Waals surface area contributed by atoms with Crippen molar-refractivity contribution in [3.05, 3.63) is 35.4 Å². The number of benzene rings is 1. The Balaban J connectivity index is 1.44. The minimum absolute atomic E-state index is 0.0357. The van der Waals surface area contributed by atoms with Crippen molar-refractivity contribution in [1.29, 1.82) is 0 Å². The molecule has 1 fully saturated rings. The Hall–Kier alpha value is -2.74. The predicted octanol–water partition coefficient (Wildman–Crippen LogP) is 1.47. The van der Waals surface area contributed by atoms with Gasteiger partial charge in [0.15, 0.2) is 0 Å². The normalized spacial score (nSPS) is 17.0. The Morgan fingerprint density at radius 1 is 0.935 bits per heavy atom. The number of hydrogen-bond acceptors (Lipinski definition) is 5. The molecule has 31 heavy (non-hydrogen) atoms. The van der Waals surface area contributed by atoms with Gasteiger partial charge in [-0.3, -0.25) is 29.0 Å². The second-order valence-electron chi connectivity index (χ2n) is 7.99. The van der Waals surface area contributed by atoms with Gasteiger partial charge in [0.2, 0.25) is 11.8 Å². The summed E-state index contributed by atoms with van der Waals surface area (Å²) in [7, 11) is 0. The number of likely N-dealkylation sites (N-methyl/N-ethyl adjacent to an activating group) is 1. The molecule has 168 valence electrons. The number of amides is 4. The molecule has 3 rings (SSSR count). The van der Waals surface area contributed by atoms with Crippen LogP contribution in [-0.2, 0) is 9.59 Å². The monoisotopic (exact) mass is 428 g/mol. The smallest absolute Gasteiger partial charge is 0.261 e. The van der Waals surface area contributed by atoms with Crippen LogP contribution in [0.25, 0.3) is 0 Å². The quantitative estimate of drug-likeness (QED) is 0.586. The van der Waals surface area contributed by atoms with Crippen LogP contribution < -0.4 is 0 Å². The standard InChI is InChI=1S/C23H32N4O4/c1-3-25(4-2)21(29)17-24-12-8-13-26(16-15-24)20(28)11-7-14-27-22(30)18-9-5-6-10-19(18)23(27)31/h5-6,9-10H,3-4,7-8,11-17H2,1-2H3. The predicted molar refractivity (Wildman–Crippen MR) is 117 cm³/mol. The van der Waals surface area contributed by atoms with Crippen molar-refractivity contribution in [2.75, 3.05) is 52.4 Å². The van der Waals surface area contributed by atoms with Crippen LogP contribution in [-0.4, -0.2) is 95.6 Å². The van der Waals surface area contributed by atoms with Crippen LogP contribution in [0.5, 0.6) is 0 Å². The van der Waals surface area contributed by atoms with E-state index in [-0.39, 0.29) is 30.2 Å². The van der Waals surface area contributed by atoms with Gasteiger partial charge in [0.25, 0.3) is 11.8 Å². The third-order valence-corrected chi connectivity index (χ3v) is 6.07. The average Bonchev–Trinajstić information content (AvgIpc) is 2.92. The van der Waals surface area contributed by atoms with E-state index in [2.05, 4.69) is 4.90 Å². The molecule has 1 aromatic carbocycles. The lowest BCUT2D eigenvalue weighted by Crippen LogP contribution is -2.42. The maximum atomic E-state index is 12.7. The number of carbonyl (C=O) groups is 4. The third-order valence-electron chi connectivity index (χ3n) is 6.07. The molecule has 0 saturated carbocycles. The molecule has 8 heteroatoms.